The minimum absolute atomic E-state index is 0.351. The molecular weight excluding hydrogens is 372 g/mol. The van der Waals surface area contributed by atoms with E-state index in [0.29, 0.717) is 27.8 Å². The first-order valence-electron chi connectivity index (χ1n) is 8.11. The van der Waals surface area contributed by atoms with Crippen LogP contribution in [0.4, 0.5) is 0 Å². The lowest BCUT2D eigenvalue weighted by Gasteiger charge is -2.11. The molecule has 0 bridgehead atoms. The molecule has 26 heavy (non-hydrogen) atoms. The van der Waals surface area contributed by atoms with Crippen molar-refractivity contribution in [3.63, 3.8) is 0 Å². The van der Waals surface area contributed by atoms with Gasteiger partial charge in [0.15, 0.2) is 0 Å². The van der Waals surface area contributed by atoms with Gasteiger partial charge in [-0.05, 0) is 24.6 Å². The molecule has 0 saturated carbocycles. The van der Waals surface area contributed by atoms with Gasteiger partial charge in [-0.25, -0.2) is 0 Å². The molecule has 0 fully saturated rings. The second-order valence-corrected chi connectivity index (χ2v) is 6.92. The molecule has 0 aliphatic heterocycles. The van der Waals surface area contributed by atoms with E-state index in [0.717, 1.165) is 16.5 Å². The third kappa shape index (κ3) is 3.81. The standard InChI is InChI=1S/C19H17ClN2O3S/c1-2-11-25-14-9-5-3-7-12(14)18(23)21-22-19(24)17-16(20)13-8-4-6-10-15(13)26-17/h3-10H,2,11H2,1H3,(H,21,23)(H,22,24). The molecule has 0 aliphatic carbocycles. The molecule has 2 N–H and O–H groups in total. The molecule has 2 aromatic carbocycles. The van der Waals surface area contributed by atoms with Crippen LogP contribution in [0.25, 0.3) is 10.1 Å². The molecule has 5 nitrogen and oxygen atoms in total. The van der Waals surface area contributed by atoms with Gasteiger partial charge in [-0.2, -0.15) is 0 Å². The molecule has 0 radical (unpaired) electrons. The zero-order chi connectivity index (χ0) is 18.5. The first-order chi connectivity index (χ1) is 12.6. The number of halogens is 1. The summed E-state index contributed by atoms with van der Waals surface area (Å²) >= 11 is 7.56. The molecule has 3 rings (SSSR count). The van der Waals surface area contributed by atoms with Crippen LogP contribution in [0.1, 0.15) is 33.4 Å². The average molecular weight is 389 g/mol. The largest absolute Gasteiger partial charge is 0.493 e. The summed E-state index contributed by atoms with van der Waals surface area (Å²) < 4.78 is 6.47. The number of fused-ring (bicyclic) bond motifs is 1. The number of hydrogen-bond acceptors (Lipinski definition) is 4. The van der Waals surface area contributed by atoms with Gasteiger partial charge in [-0.15, -0.1) is 11.3 Å². The van der Waals surface area contributed by atoms with Crippen molar-refractivity contribution in [3.05, 3.63) is 64.0 Å². The fourth-order valence-electron chi connectivity index (χ4n) is 2.39. The molecular formula is C19H17ClN2O3S. The molecule has 7 heteroatoms. The minimum Gasteiger partial charge on any atom is -0.493 e. The number of nitrogens with one attached hydrogen (secondary N) is 2. The first kappa shape index (κ1) is 18.2. The van der Waals surface area contributed by atoms with Crippen LogP contribution >= 0.6 is 22.9 Å². The minimum atomic E-state index is -0.462. The van der Waals surface area contributed by atoms with Crippen molar-refractivity contribution in [3.8, 4) is 5.75 Å². The van der Waals surface area contributed by atoms with Crippen molar-refractivity contribution in [2.45, 2.75) is 13.3 Å². The summed E-state index contributed by atoms with van der Waals surface area (Å²) in [5.74, 6) is -0.445. The second kappa shape index (κ2) is 8.21. The lowest BCUT2D eigenvalue weighted by molar-refractivity contribution is 0.0846. The molecule has 0 atom stereocenters. The number of ether oxygens (including phenoxy) is 1. The van der Waals surface area contributed by atoms with E-state index in [1.807, 2.05) is 31.2 Å². The molecule has 1 heterocycles. The van der Waals surface area contributed by atoms with Crippen LogP contribution in [0.3, 0.4) is 0 Å². The summed E-state index contributed by atoms with van der Waals surface area (Å²) in [6.07, 6.45) is 0.830. The van der Waals surface area contributed by atoms with Crippen molar-refractivity contribution in [1.82, 2.24) is 10.9 Å². The van der Waals surface area contributed by atoms with Crippen LogP contribution in [-0.2, 0) is 0 Å². The SMILES string of the molecule is CCCOc1ccccc1C(=O)NNC(=O)c1sc2ccccc2c1Cl. The Morgan fingerprint density at radius 2 is 1.73 bits per heavy atom. The second-order valence-electron chi connectivity index (χ2n) is 5.49. The highest BCUT2D eigenvalue weighted by molar-refractivity contribution is 7.21. The van der Waals surface area contributed by atoms with Crippen molar-refractivity contribution >= 4 is 44.8 Å². The lowest BCUT2D eigenvalue weighted by atomic mass is 10.2. The van der Waals surface area contributed by atoms with Crippen LogP contribution in [0.5, 0.6) is 5.75 Å². The summed E-state index contributed by atoms with van der Waals surface area (Å²) in [6, 6.07) is 14.4. The predicted octanol–water partition coefficient (Wildman–Crippen LogP) is 4.42. The molecule has 0 spiro atoms. The number of hydrazine groups is 1. The number of hydrogen-bond donors (Lipinski definition) is 2. The van der Waals surface area contributed by atoms with Gasteiger partial charge in [0, 0.05) is 10.1 Å². The van der Waals surface area contributed by atoms with Gasteiger partial charge in [-0.3, -0.25) is 20.4 Å². The quantitative estimate of drug-likeness (QED) is 0.636. The van der Waals surface area contributed by atoms with E-state index in [2.05, 4.69) is 10.9 Å². The van der Waals surface area contributed by atoms with E-state index >= 15 is 0 Å². The van der Waals surface area contributed by atoms with Gasteiger partial charge in [0.2, 0.25) is 0 Å². The Balaban J connectivity index is 1.71. The number of benzene rings is 2. The van der Waals surface area contributed by atoms with Crippen LogP contribution in [0.15, 0.2) is 48.5 Å². The van der Waals surface area contributed by atoms with Crippen molar-refractivity contribution in [2.75, 3.05) is 6.61 Å². The third-order valence-electron chi connectivity index (χ3n) is 3.62. The van der Waals surface area contributed by atoms with E-state index in [9.17, 15) is 9.59 Å². The van der Waals surface area contributed by atoms with E-state index in [-0.39, 0.29) is 0 Å². The molecule has 2 amide bonds. The summed E-state index contributed by atoms with van der Waals surface area (Å²) in [7, 11) is 0. The van der Waals surface area contributed by atoms with Crippen molar-refractivity contribution < 1.29 is 14.3 Å². The van der Waals surface area contributed by atoms with E-state index < -0.39 is 11.8 Å². The van der Waals surface area contributed by atoms with E-state index in [4.69, 9.17) is 16.3 Å². The monoisotopic (exact) mass is 388 g/mol. The summed E-state index contributed by atoms with van der Waals surface area (Å²) in [4.78, 5) is 25.1. The van der Waals surface area contributed by atoms with Gasteiger partial charge in [-0.1, -0.05) is 48.9 Å². The van der Waals surface area contributed by atoms with Gasteiger partial charge in [0.05, 0.1) is 17.2 Å². The molecule has 134 valence electrons. The number of amides is 2. The van der Waals surface area contributed by atoms with Gasteiger partial charge >= 0.3 is 0 Å². The zero-order valence-electron chi connectivity index (χ0n) is 14.0. The normalized spacial score (nSPS) is 10.5. The first-order valence-corrected chi connectivity index (χ1v) is 9.30. The van der Waals surface area contributed by atoms with Crippen molar-refractivity contribution in [2.24, 2.45) is 0 Å². The predicted molar refractivity (Wildman–Crippen MR) is 104 cm³/mol. The Labute approximate surface area is 159 Å². The Bertz CT molecular complexity index is 955. The smallest absolute Gasteiger partial charge is 0.281 e. The highest BCUT2D eigenvalue weighted by Gasteiger charge is 2.18. The summed E-state index contributed by atoms with van der Waals surface area (Å²) in [5, 5.41) is 1.19. The number of carbonyl (C=O) groups is 2. The fourth-order valence-corrected chi connectivity index (χ4v) is 3.80. The maximum atomic E-state index is 12.4. The van der Waals surface area contributed by atoms with Gasteiger partial charge < -0.3 is 4.74 Å². The van der Waals surface area contributed by atoms with Crippen molar-refractivity contribution in [1.29, 1.82) is 0 Å². The van der Waals surface area contributed by atoms with Crippen LogP contribution in [0, 0.1) is 0 Å². The Morgan fingerprint density at radius 3 is 2.50 bits per heavy atom. The average Bonchev–Trinajstić information content (AvgIpc) is 3.01. The number of thiophene rings is 1. The molecule has 3 aromatic rings. The molecule has 0 aliphatic rings. The summed E-state index contributed by atoms with van der Waals surface area (Å²) in [5.41, 5.74) is 5.18. The Morgan fingerprint density at radius 1 is 1.04 bits per heavy atom. The fraction of sp³-hybridized carbons (Fsp3) is 0.158. The Hall–Kier alpha value is -2.57. The van der Waals surface area contributed by atoms with Gasteiger partial charge in [0.1, 0.15) is 10.6 Å². The maximum Gasteiger partial charge on any atom is 0.281 e. The molecule has 0 unspecified atom stereocenters. The van der Waals surface area contributed by atoms with Crippen LogP contribution in [0.2, 0.25) is 5.02 Å². The van der Waals surface area contributed by atoms with Crippen LogP contribution < -0.4 is 15.6 Å². The molecule has 1 aromatic heterocycles. The highest BCUT2D eigenvalue weighted by atomic mass is 35.5. The van der Waals surface area contributed by atoms with E-state index in [1.165, 1.54) is 11.3 Å². The highest BCUT2D eigenvalue weighted by Crippen LogP contribution is 2.34. The topological polar surface area (TPSA) is 67.4 Å². The van der Waals surface area contributed by atoms with Gasteiger partial charge in [0.25, 0.3) is 11.8 Å². The number of para-hydroxylation sites is 1. The molecule has 0 saturated heterocycles. The summed E-state index contributed by atoms with van der Waals surface area (Å²) in [6.45, 7) is 2.49. The van der Waals surface area contributed by atoms with E-state index in [1.54, 1.807) is 24.3 Å². The van der Waals surface area contributed by atoms with Crippen LogP contribution in [-0.4, -0.2) is 18.4 Å². The Kier molecular flexibility index (Phi) is 5.75. The third-order valence-corrected chi connectivity index (χ3v) is 5.30. The zero-order valence-corrected chi connectivity index (χ0v) is 15.6. The number of carbonyl (C=O) groups excluding carboxylic acids is 2. The maximum absolute atomic E-state index is 12.4. The lowest BCUT2D eigenvalue weighted by Crippen LogP contribution is -2.41. The number of rotatable bonds is 5.